The molecule has 6 N–H and O–H groups in total. The molecular weight excluding hydrogens is 1010 g/mol. The van der Waals surface area contributed by atoms with Gasteiger partial charge in [0.15, 0.2) is 11.2 Å². The number of hydrogen-bond acceptors (Lipinski definition) is 8. The average Bonchev–Trinajstić information content (AvgIpc) is 3.33. The fourth-order valence-corrected chi connectivity index (χ4v) is 7.46. The number of alkyl halides is 6. The molecule has 6 rings (SSSR count). The van der Waals surface area contributed by atoms with Gasteiger partial charge in [0, 0.05) is 63.4 Å². The van der Waals surface area contributed by atoms with Gasteiger partial charge in [0.1, 0.15) is 0 Å². The summed E-state index contributed by atoms with van der Waals surface area (Å²) in [6, 6.07) is 31.4. The first-order valence-electron chi connectivity index (χ1n) is 22.6. The van der Waals surface area contributed by atoms with E-state index in [4.69, 9.17) is 44.1 Å². The standard InChI is InChI=1S/C27H27ClF3N3O3.C27H25ClF3N3O3/c2*1-16(34-25(36)26(2,3)37-23-12-9-20(15-33-23)27(29,30)31)22(13-17-7-10-21(28)11-8-17)18-5-4-6-19(14-18)24(32)35/h4-12,14-16,22H,13H2,1-3H3,(H2,32,35)(H,34,36);4-12,14-15H,13H2,1-3H3,(H2,32,35)(H,34,36)/b;22-16-. The van der Waals surface area contributed by atoms with E-state index < -0.39 is 64.4 Å². The number of primary amides is 2. The van der Waals surface area contributed by atoms with Gasteiger partial charge in [0.05, 0.1) is 11.1 Å². The van der Waals surface area contributed by atoms with Crippen LogP contribution < -0.4 is 31.6 Å². The van der Waals surface area contributed by atoms with Crippen LogP contribution in [0.2, 0.25) is 10.0 Å². The Morgan fingerprint density at radius 3 is 1.51 bits per heavy atom. The Labute approximate surface area is 433 Å². The maximum Gasteiger partial charge on any atom is 0.417 e. The molecule has 2 aromatic heterocycles. The number of benzene rings is 4. The van der Waals surface area contributed by atoms with E-state index in [0.29, 0.717) is 63.2 Å². The van der Waals surface area contributed by atoms with Crippen molar-refractivity contribution in [3.05, 3.63) is 194 Å². The minimum Gasteiger partial charge on any atom is -0.462 e. The summed E-state index contributed by atoms with van der Waals surface area (Å²) < 4.78 is 88.1. The smallest absolute Gasteiger partial charge is 0.417 e. The van der Waals surface area contributed by atoms with Gasteiger partial charge in [-0.15, -0.1) is 0 Å². The Hall–Kier alpha value is -7.44. The van der Waals surface area contributed by atoms with Gasteiger partial charge in [-0.25, -0.2) is 9.97 Å². The molecule has 20 heteroatoms. The Bertz CT molecular complexity index is 2970. The lowest BCUT2D eigenvalue weighted by Gasteiger charge is -2.31. The Kier molecular flexibility index (Phi) is 18.7. The maximum atomic E-state index is 13.2. The predicted molar refractivity (Wildman–Crippen MR) is 269 cm³/mol. The molecule has 0 aliphatic carbocycles. The van der Waals surface area contributed by atoms with Gasteiger partial charge in [-0.3, -0.25) is 19.2 Å². The first-order chi connectivity index (χ1) is 34.5. The zero-order chi connectivity index (χ0) is 54.8. The number of hydrogen-bond donors (Lipinski definition) is 4. The van der Waals surface area contributed by atoms with Crippen molar-refractivity contribution in [2.75, 3.05) is 0 Å². The highest BCUT2D eigenvalue weighted by atomic mass is 35.5. The number of ether oxygens (including phenoxy) is 2. The summed E-state index contributed by atoms with van der Waals surface area (Å²) in [4.78, 5) is 57.2. The Balaban J connectivity index is 0.000000274. The summed E-state index contributed by atoms with van der Waals surface area (Å²) in [7, 11) is 0. The number of carbonyl (C=O) groups is 4. The second kappa shape index (κ2) is 24.1. The first kappa shape index (κ1) is 57.5. The average molecular weight is 1070 g/mol. The van der Waals surface area contributed by atoms with E-state index in [1.54, 1.807) is 73.7 Å². The number of nitrogens with zero attached hydrogens (tertiary/aromatic N) is 2. The van der Waals surface area contributed by atoms with Crippen LogP contribution in [0, 0.1) is 0 Å². The van der Waals surface area contributed by atoms with Crippen LogP contribution in [0.1, 0.15) is 102 Å². The molecule has 0 spiro atoms. The van der Waals surface area contributed by atoms with Gasteiger partial charge in [-0.2, -0.15) is 26.3 Å². The van der Waals surface area contributed by atoms with Crippen LogP contribution in [0.5, 0.6) is 11.8 Å². The number of allylic oxidation sites excluding steroid dienone is 2. The van der Waals surface area contributed by atoms with E-state index in [0.717, 1.165) is 41.0 Å². The predicted octanol–water partition coefficient (Wildman–Crippen LogP) is 11.3. The molecule has 4 amide bonds. The molecule has 0 bridgehead atoms. The number of amides is 4. The molecule has 0 fully saturated rings. The highest BCUT2D eigenvalue weighted by molar-refractivity contribution is 6.30. The number of pyridine rings is 2. The van der Waals surface area contributed by atoms with Gasteiger partial charge in [0.2, 0.25) is 23.6 Å². The van der Waals surface area contributed by atoms with Crippen molar-refractivity contribution < 1.29 is 55.0 Å². The van der Waals surface area contributed by atoms with Crippen LogP contribution >= 0.6 is 23.2 Å². The minimum atomic E-state index is -4.54. The third-order valence-electron chi connectivity index (χ3n) is 11.4. The van der Waals surface area contributed by atoms with Gasteiger partial charge in [-0.05, 0) is 143 Å². The van der Waals surface area contributed by atoms with Gasteiger partial charge in [-0.1, -0.05) is 71.7 Å². The van der Waals surface area contributed by atoms with Crippen LogP contribution in [-0.4, -0.2) is 50.8 Å². The lowest BCUT2D eigenvalue weighted by atomic mass is 9.85. The van der Waals surface area contributed by atoms with Crippen molar-refractivity contribution in [3.8, 4) is 11.8 Å². The molecule has 390 valence electrons. The van der Waals surface area contributed by atoms with E-state index in [9.17, 15) is 45.5 Å². The zero-order valence-corrected chi connectivity index (χ0v) is 42.3. The number of aromatic nitrogens is 2. The third kappa shape index (κ3) is 16.3. The SMILES string of the molecule is C/C(NC(=O)C(C)(C)Oc1ccc(C(F)(F)F)cn1)=C(\Cc1ccc(Cl)cc1)c1cccc(C(N)=O)c1.CC(NC(=O)C(C)(C)Oc1ccc(C(F)(F)F)cn1)C(Cc1ccc(Cl)cc1)c1cccc(C(N)=O)c1. The maximum absolute atomic E-state index is 13.2. The Morgan fingerprint density at radius 1 is 0.608 bits per heavy atom. The van der Waals surface area contributed by atoms with E-state index in [1.807, 2.05) is 37.3 Å². The Morgan fingerprint density at radius 2 is 1.05 bits per heavy atom. The molecule has 6 aromatic rings. The monoisotopic (exact) mass is 1060 g/mol. The van der Waals surface area contributed by atoms with Gasteiger partial charge < -0.3 is 31.6 Å². The molecule has 0 saturated heterocycles. The molecular formula is C54H52Cl2F6N6O6. The highest BCUT2D eigenvalue weighted by Gasteiger charge is 2.36. The molecule has 12 nitrogen and oxygen atoms in total. The lowest BCUT2D eigenvalue weighted by molar-refractivity contribution is -0.138. The summed E-state index contributed by atoms with van der Waals surface area (Å²) in [6.07, 6.45) is -6.86. The number of carbonyl (C=O) groups excluding carboxylic acids is 4. The van der Waals surface area contributed by atoms with Crippen molar-refractivity contribution in [2.45, 2.75) is 89.9 Å². The summed E-state index contributed by atoms with van der Waals surface area (Å²) in [5.41, 5.74) is 11.3. The van der Waals surface area contributed by atoms with Crippen LogP contribution in [0.4, 0.5) is 26.3 Å². The molecule has 2 heterocycles. The fraction of sp³-hybridized carbons (Fsp3) is 0.259. The molecule has 0 radical (unpaired) electrons. The number of halogens is 8. The lowest BCUT2D eigenvalue weighted by Crippen LogP contribution is -2.51. The zero-order valence-electron chi connectivity index (χ0n) is 40.8. The molecule has 4 aromatic carbocycles. The molecule has 74 heavy (non-hydrogen) atoms. The molecule has 2 atom stereocenters. The van der Waals surface area contributed by atoms with E-state index in [2.05, 4.69) is 20.6 Å². The van der Waals surface area contributed by atoms with Crippen LogP contribution in [0.15, 0.2) is 139 Å². The first-order valence-corrected chi connectivity index (χ1v) is 23.3. The van der Waals surface area contributed by atoms with Crippen molar-refractivity contribution in [1.82, 2.24) is 20.6 Å². The summed E-state index contributed by atoms with van der Waals surface area (Å²) >= 11 is 12.0. The summed E-state index contributed by atoms with van der Waals surface area (Å²) in [5, 5.41) is 6.93. The second-order valence-corrected chi connectivity index (χ2v) is 18.9. The molecule has 2 unspecified atom stereocenters. The second-order valence-electron chi connectivity index (χ2n) is 18.0. The number of nitrogens with one attached hydrogen (secondary N) is 2. The largest absolute Gasteiger partial charge is 0.462 e. The number of rotatable bonds is 17. The van der Waals surface area contributed by atoms with Crippen LogP contribution in [-0.2, 0) is 34.8 Å². The van der Waals surface area contributed by atoms with Crippen molar-refractivity contribution >= 4 is 52.4 Å². The minimum absolute atomic E-state index is 0.118. The van der Waals surface area contributed by atoms with Crippen molar-refractivity contribution in [1.29, 1.82) is 0 Å². The fourth-order valence-electron chi connectivity index (χ4n) is 7.21. The molecule has 0 aliphatic rings. The normalized spacial score (nSPS) is 13.0. The van der Waals surface area contributed by atoms with Crippen LogP contribution in [0.3, 0.4) is 0 Å². The van der Waals surface area contributed by atoms with Crippen molar-refractivity contribution in [3.63, 3.8) is 0 Å². The molecule has 0 aliphatic heterocycles. The van der Waals surface area contributed by atoms with Crippen LogP contribution in [0.25, 0.3) is 5.57 Å². The van der Waals surface area contributed by atoms with E-state index in [1.165, 1.54) is 27.7 Å². The summed E-state index contributed by atoms with van der Waals surface area (Å²) in [5.74, 6) is -2.71. The van der Waals surface area contributed by atoms with Gasteiger partial charge in [0.25, 0.3) is 11.8 Å². The summed E-state index contributed by atoms with van der Waals surface area (Å²) in [6.45, 7) is 9.46. The number of nitrogens with two attached hydrogens (primary N) is 2. The van der Waals surface area contributed by atoms with E-state index in [-0.39, 0.29) is 17.7 Å². The topological polar surface area (TPSA) is 189 Å². The van der Waals surface area contributed by atoms with Crippen molar-refractivity contribution in [2.24, 2.45) is 11.5 Å². The van der Waals surface area contributed by atoms with Gasteiger partial charge >= 0.3 is 12.4 Å². The quantitative estimate of drug-likeness (QED) is 0.0649. The molecule has 0 saturated carbocycles. The van der Waals surface area contributed by atoms with E-state index >= 15 is 0 Å². The highest BCUT2D eigenvalue weighted by Crippen LogP contribution is 2.33. The third-order valence-corrected chi connectivity index (χ3v) is 11.9.